The second-order valence-corrected chi connectivity index (χ2v) is 7.17. The molecule has 2 rings (SSSR count). The summed E-state index contributed by atoms with van der Waals surface area (Å²) < 4.78 is 1.67. The maximum atomic E-state index is 12.4. The van der Waals surface area contributed by atoms with Crippen molar-refractivity contribution >= 4 is 17.2 Å². The molecule has 0 radical (unpaired) electrons. The van der Waals surface area contributed by atoms with Crippen molar-refractivity contribution in [3.05, 3.63) is 29.3 Å². The predicted octanol–water partition coefficient (Wildman–Crippen LogP) is 2.68. The summed E-state index contributed by atoms with van der Waals surface area (Å²) in [6.07, 6.45) is 3.46. The zero-order valence-electron chi connectivity index (χ0n) is 13.3. The highest BCUT2D eigenvalue weighted by atomic mass is 32.1. The Balaban J connectivity index is 1.96. The van der Waals surface area contributed by atoms with Crippen LogP contribution in [0.4, 0.5) is 0 Å². The minimum absolute atomic E-state index is 0.0961. The molecule has 1 amide bonds. The van der Waals surface area contributed by atoms with E-state index in [0.29, 0.717) is 12.1 Å². The second kappa shape index (κ2) is 7.07. The average molecular weight is 321 g/mol. The molecule has 0 saturated heterocycles. The molecule has 0 atom stereocenters. The third-order valence-corrected chi connectivity index (χ3v) is 4.45. The van der Waals surface area contributed by atoms with Crippen LogP contribution in [0.5, 0.6) is 0 Å². The molecular weight excluding hydrogens is 298 g/mol. The number of carbonyl (C=O) groups excluding carboxylic acids is 1. The number of rotatable bonds is 7. The Kier molecular flexibility index (Phi) is 5.37. The van der Waals surface area contributed by atoms with Crippen molar-refractivity contribution < 1.29 is 9.90 Å². The van der Waals surface area contributed by atoms with Crippen LogP contribution in [0.25, 0.3) is 10.6 Å². The molecule has 2 N–H and O–H groups in total. The van der Waals surface area contributed by atoms with Crippen molar-refractivity contribution in [3.8, 4) is 10.6 Å². The highest BCUT2D eigenvalue weighted by molar-refractivity contribution is 7.13. The number of amides is 1. The molecule has 0 aromatic carbocycles. The second-order valence-electron chi connectivity index (χ2n) is 6.22. The summed E-state index contributed by atoms with van der Waals surface area (Å²) in [6, 6.07) is 3.92. The molecular formula is C16H23N3O2S. The van der Waals surface area contributed by atoms with Crippen molar-refractivity contribution in [1.29, 1.82) is 0 Å². The molecule has 2 heterocycles. The monoisotopic (exact) mass is 321 g/mol. The normalized spacial score (nSPS) is 11.6. The van der Waals surface area contributed by atoms with E-state index in [4.69, 9.17) is 0 Å². The lowest BCUT2D eigenvalue weighted by Crippen LogP contribution is -2.26. The van der Waals surface area contributed by atoms with E-state index >= 15 is 0 Å². The molecule has 5 nitrogen and oxygen atoms in total. The van der Waals surface area contributed by atoms with Gasteiger partial charge in [0.1, 0.15) is 5.69 Å². The predicted molar refractivity (Wildman–Crippen MR) is 89.0 cm³/mol. The van der Waals surface area contributed by atoms with E-state index in [9.17, 15) is 9.90 Å². The standard InChI is InChI=1S/C16H23N3O2S/c1-16(2,11-20)7-5-8-17-15(21)12-10-19(3)18-14(12)13-6-4-9-22-13/h4,6,9-10,20H,5,7-8,11H2,1-3H3,(H,17,21). The van der Waals surface area contributed by atoms with Gasteiger partial charge in [-0.2, -0.15) is 5.10 Å². The number of nitrogens with one attached hydrogen (secondary N) is 1. The Bertz CT molecular complexity index is 617. The van der Waals surface area contributed by atoms with Crippen molar-refractivity contribution in [3.63, 3.8) is 0 Å². The first kappa shape index (κ1) is 16.7. The van der Waals surface area contributed by atoms with Gasteiger partial charge in [0.05, 0.1) is 10.4 Å². The number of aliphatic hydroxyl groups is 1. The van der Waals surface area contributed by atoms with Crippen LogP contribution >= 0.6 is 11.3 Å². The lowest BCUT2D eigenvalue weighted by molar-refractivity contribution is 0.0949. The minimum atomic E-state index is -0.0988. The summed E-state index contributed by atoms with van der Waals surface area (Å²) in [5.41, 5.74) is 1.23. The Morgan fingerprint density at radius 1 is 1.50 bits per heavy atom. The van der Waals surface area contributed by atoms with Gasteiger partial charge in [-0.25, -0.2) is 0 Å². The first-order chi connectivity index (χ1) is 10.4. The van der Waals surface area contributed by atoms with Crippen LogP contribution in [-0.4, -0.2) is 33.9 Å². The molecule has 0 fully saturated rings. The smallest absolute Gasteiger partial charge is 0.255 e. The Morgan fingerprint density at radius 3 is 2.91 bits per heavy atom. The largest absolute Gasteiger partial charge is 0.396 e. The molecule has 0 bridgehead atoms. The summed E-state index contributed by atoms with van der Waals surface area (Å²) in [7, 11) is 1.82. The van der Waals surface area contributed by atoms with Crippen molar-refractivity contribution in [2.45, 2.75) is 26.7 Å². The maximum Gasteiger partial charge on any atom is 0.255 e. The number of aromatic nitrogens is 2. The lowest BCUT2D eigenvalue weighted by atomic mass is 9.89. The molecule has 2 aromatic heterocycles. The van der Waals surface area contributed by atoms with Crippen molar-refractivity contribution in [1.82, 2.24) is 15.1 Å². The fourth-order valence-corrected chi connectivity index (χ4v) is 2.92. The fraction of sp³-hybridized carbons (Fsp3) is 0.500. The third-order valence-electron chi connectivity index (χ3n) is 3.57. The Labute approximate surface area is 135 Å². The molecule has 0 spiro atoms. The number of hydrogen-bond acceptors (Lipinski definition) is 4. The quantitative estimate of drug-likeness (QED) is 0.771. The summed E-state index contributed by atoms with van der Waals surface area (Å²) in [6.45, 7) is 4.79. The number of thiophene rings is 1. The number of nitrogens with zero attached hydrogens (tertiary/aromatic N) is 2. The fourth-order valence-electron chi connectivity index (χ4n) is 2.19. The Morgan fingerprint density at radius 2 is 2.27 bits per heavy atom. The zero-order chi connectivity index (χ0) is 16.2. The highest BCUT2D eigenvalue weighted by Gasteiger charge is 2.19. The SMILES string of the molecule is Cn1cc(C(=O)NCCCC(C)(C)CO)c(-c2cccs2)n1. The van der Waals surface area contributed by atoms with E-state index in [0.717, 1.165) is 23.4 Å². The minimum Gasteiger partial charge on any atom is -0.396 e. The average Bonchev–Trinajstić information content (AvgIpc) is 3.12. The van der Waals surface area contributed by atoms with Gasteiger partial charge in [0.2, 0.25) is 0 Å². The molecule has 0 saturated carbocycles. The number of hydrogen-bond donors (Lipinski definition) is 2. The van der Waals surface area contributed by atoms with Gasteiger partial charge in [0.15, 0.2) is 0 Å². The topological polar surface area (TPSA) is 67.2 Å². The van der Waals surface area contributed by atoms with Crippen molar-refractivity contribution in [2.24, 2.45) is 12.5 Å². The van der Waals surface area contributed by atoms with Crippen molar-refractivity contribution in [2.75, 3.05) is 13.2 Å². The van der Waals surface area contributed by atoms with E-state index < -0.39 is 0 Å². The summed E-state index contributed by atoms with van der Waals surface area (Å²) in [5, 5.41) is 18.5. The van der Waals surface area contributed by atoms with Crippen LogP contribution in [-0.2, 0) is 7.05 Å². The van der Waals surface area contributed by atoms with Gasteiger partial charge in [-0.15, -0.1) is 11.3 Å². The molecule has 2 aromatic rings. The highest BCUT2D eigenvalue weighted by Crippen LogP contribution is 2.26. The summed E-state index contributed by atoms with van der Waals surface area (Å²) in [4.78, 5) is 13.4. The zero-order valence-corrected chi connectivity index (χ0v) is 14.1. The third kappa shape index (κ3) is 4.18. The van der Waals surface area contributed by atoms with Gasteiger partial charge in [0.25, 0.3) is 5.91 Å². The molecule has 120 valence electrons. The van der Waals surface area contributed by atoms with E-state index in [2.05, 4.69) is 10.4 Å². The van der Waals surface area contributed by atoms with Gasteiger partial charge in [-0.3, -0.25) is 9.48 Å². The van der Waals surface area contributed by atoms with Gasteiger partial charge < -0.3 is 10.4 Å². The molecule has 0 aliphatic carbocycles. The molecule has 0 unspecified atom stereocenters. The molecule has 0 aliphatic rings. The lowest BCUT2D eigenvalue weighted by Gasteiger charge is -2.21. The van der Waals surface area contributed by atoms with Crippen LogP contribution < -0.4 is 5.32 Å². The van der Waals surface area contributed by atoms with Crippen LogP contribution in [0.2, 0.25) is 0 Å². The number of aliphatic hydroxyl groups excluding tert-OH is 1. The molecule has 6 heteroatoms. The van der Waals surface area contributed by atoms with Crippen LogP contribution in [0.1, 0.15) is 37.0 Å². The van der Waals surface area contributed by atoms with Gasteiger partial charge in [-0.1, -0.05) is 19.9 Å². The van der Waals surface area contributed by atoms with Crippen LogP contribution in [0.15, 0.2) is 23.7 Å². The summed E-state index contributed by atoms with van der Waals surface area (Å²) >= 11 is 1.57. The van der Waals surface area contributed by atoms with Gasteiger partial charge in [-0.05, 0) is 29.7 Å². The van der Waals surface area contributed by atoms with E-state index in [-0.39, 0.29) is 17.9 Å². The maximum absolute atomic E-state index is 12.4. The van der Waals surface area contributed by atoms with E-state index in [1.54, 1.807) is 22.2 Å². The van der Waals surface area contributed by atoms with Crippen LogP contribution in [0.3, 0.4) is 0 Å². The first-order valence-electron chi connectivity index (χ1n) is 7.39. The number of carbonyl (C=O) groups is 1. The van der Waals surface area contributed by atoms with E-state index in [1.807, 2.05) is 38.4 Å². The summed E-state index contributed by atoms with van der Waals surface area (Å²) in [5.74, 6) is -0.0988. The molecule has 0 aliphatic heterocycles. The van der Waals surface area contributed by atoms with Gasteiger partial charge in [0, 0.05) is 26.4 Å². The Hall–Kier alpha value is -1.66. The van der Waals surface area contributed by atoms with E-state index in [1.165, 1.54) is 0 Å². The van der Waals surface area contributed by atoms with Crippen LogP contribution in [0, 0.1) is 5.41 Å². The van der Waals surface area contributed by atoms with Gasteiger partial charge >= 0.3 is 0 Å². The number of aryl methyl sites for hydroxylation is 1. The molecule has 22 heavy (non-hydrogen) atoms. The first-order valence-corrected chi connectivity index (χ1v) is 8.27.